The second-order valence-corrected chi connectivity index (χ2v) is 5.65. The maximum absolute atomic E-state index is 12.3. The van der Waals surface area contributed by atoms with Crippen LogP contribution in [0.15, 0.2) is 40.2 Å². The monoisotopic (exact) mass is 357 g/mol. The third kappa shape index (κ3) is 2.77. The van der Waals surface area contributed by atoms with E-state index in [1.807, 2.05) is 0 Å². The summed E-state index contributed by atoms with van der Waals surface area (Å²) >= 11 is 0. The number of nitrogens with zero attached hydrogens (tertiary/aromatic N) is 4. The van der Waals surface area contributed by atoms with E-state index in [1.165, 1.54) is 41.7 Å². The van der Waals surface area contributed by atoms with E-state index >= 15 is 0 Å². The lowest BCUT2D eigenvalue weighted by Gasteiger charge is -2.09. The number of carbonyl (C=O) groups is 2. The molecule has 3 rings (SSSR count). The third-order valence-electron chi connectivity index (χ3n) is 3.96. The Labute approximate surface area is 145 Å². The number of nitrogens with one attached hydrogen (secondary N) is 1. The van der Waals surface area contributed by atoms with Crippen molar-refractivity contribution >= 4 is 28.7 Å². The van der Waals surface area contributed by atoms with Gasteiger partial charge in [0.2, 0.25) is 5.91 Å². The molecule has 2 heterocycles. The lowest BCUT2D eigenvalue weighted by Crippen LogP contribution is -2.37. The molecule has 0 spiro atoms. The second kappa shape index (κ2) is 6.31. The summed E-state index contributed by atoms with van der Waals surface area (Å²) in [5, 5.41) is 11.7. The minimum Gasteiger partial charge on any atom is -0.478 e. The van der Waals surface area contributed by atoms with Crippen molar-refractivity contribution in [1.82, 2.24) is 18.7 Å². The van der Waals surface area contributed by atoms with Gasteiger partial charge in [0.25, 0.3) is 5.56 Å². The van der Waals surface area contributed by atoms with Crippen LogP contribution in [0.5, 0.6) is 0 Å². The van der Waals surface area contributed by atoms with Crippen LogP contribution in [0.25, 0.3) is 11.2 Å². The van der Waals surface area contributed by atoms with Crippen LogP contribution in [0.1, 0.15) is 10.4 Å². The first-order valence-corrected chi connectivity index (χ1v) is 7.54. The Kier molecular flexibility index (Phi) is 4.16. The number of amides is 1. The van der Waals surface area contributed by atoms with Crippen molar-refractivity contribution in [1.29, 1.82) is 0 Å². The van der Waals surface area contributed by atoms with Crippen LogP contribution in [-0.4, -0.2) is 35.7 Å². The summed E-state index contributed by atoms with van der Waals surface area (Å²) in [6.45, 7) is -0.266. The Hall–Kier alpha value is -3.69. The Balaban J connectivity index is 1.96. The minimum atomic E-state index is -1.17. The van der Waals surface area contributed by atoms with Gasteiger partial charge in [0.05, 0.1) is 17.6 Å². The Morgan fingerprint density at radius 2 is 1.85 bits per heavy atom. The molecule has 2 aromatic heterocycles. The van der Waals surface area contributed by atoms with Gasteiger partial charge in [0, 0.05) is 14.1 Å². The van der Waals surface area contributed by atoms with Crippen molar-refractivity contribution in [2.75, 3.05) is 5.32 Å². The number of carbonyl (C=O) groups excluding carboxylic acids is 1. The molecule has 10 heteroatoms. The van der Waals surface area contributed by atoms with E-state index in [1.54, 1.807) is 12.1 Å². The molecule has 0 saturated heterocycles. The van der Waals surface area contributed by atoms with Crippen molar-refractivity contribution in [2.24, 2.45) is 14.1 Å². The maximum Gasteiger partial charge on any atom is 0.337 e. The van der Waals surface area contributed by atoms with Crippen LogP contribution in [0.3, 0.4) is 0 Å². The van der Waals surface area contributed by atoms with Gasteiger partial charge in [-0.15, -0.1) is 0 Å². The topological polar surface area (TPSA) is 128 Å². The predicted molar refractivity (Wildman–Crippen MR) is 92.2 cm³/mol. The predicted octanol–water partition coefficient (Wildman–Crippen LogP) is -0.229. The molecule has 0 unspecified atom stereocenters. The van der Waals surface area contributed by atoms with Gasteiger partial charge in [-0.25, -0.2) is 14.6 Å². The second-order valence-electron chi connectivity index (χ2n) is 5.65. The average Bonchev–Trinajstić information content (AvgIpc) is 3.02. The van der Waals surface area contributed by atoms with Gasteiger partial charge in [0.1, 0.15) is 6.54 Å². The normalized spacial score (nSPS) is 10.8. The van der Waals surface area contributed by atoms with E-state index in [2.05, 4.69) is 10.3 Å². The van der Waals surface area contributed by atoms with Crippen LogP contribution in [-0.2, 0) is 25.4 Å². The molecule has 0 saturated carbocycles. The number of benzene rings is 1. The van der Waals surface area contributed by atoms with Crippen molar-refractivity contribution in [3.8, 4) is 0 Å². The molecule has 1 amide bonds. The number of aromatic carboxylic acids is 1. The van der Waals surface area contributed by atoms with Crippen molar-refractivity contribution < 1.29 is 14.7 Å². The van der Waals surface area contributed by atoms with E-state index in [0.717, 1.165) is 4.57 Å². The number of fused-ring (bicyclic) bond motifs is 1. The molecule has 0 radical (unpaired) electrons. The van der Waals surface area contributed by atoms with E-state index in [-0.39, 0.29) is 29.0 Å². The SMILES string of the molecule is Cn1c(=O)c2c(ncn2CC(=O)Nc2ccccc2C(=O)O)n(C)c1=O. The van der Waals surface area contributed by atoms with Crippen molar-refractivity contribution in [3.63, 3.8) is 0 Å². The average molecular weight is 357 g/mol. The van der Waals surface area contributed by atoms with E-state index < -0.39 is 23.1 Å². The molecule has 26 heavy (non-hydrogen) atoms. The standard InChI is InChI=1S/C16H15N5O5/c1-19-13-12(14(23)20(2)16(19)26)21(8-17-13)7-11(22)18-10-6-4-3-5-9(10)15(24)25/h3-6,8H,7H2,1-2H3,(H,18,22)(H,24,25). The van der Waals surface area contributed by atoms with Crippen LogP contribution < -0.4 is 16.6 Å². The zero-order chi connectivity index (χ0) is 19.0. The fourth-order valence-corrected chi connectivity index (χ4v) is 2.64. The van der Waals surface area contributed by atoms with Gasteiger partial charge < -0.3 is 15.0 Å². The molecule has 0 fully saturated rings. The van der Waals surface area contributed by atoms with Crippen LogP contribution in [0.2, 0.25) is 0 Å². The quantitative estimate of drug-likeness (QED) is 0.664. The molecule has 0 aliphatic carbocycles. The molecular formula is C16H15N5O5. The summed E-state index contributed by atoms with van der Waals surface area (Å²) in [5.41, 5.74) is -0.718. The summed E-state index contributed by atoms with van der Waals surface area (Å²) < 4.78 is 3.46. The number of hydrogen-bond acceptors (Lipinski definition) is 5. The first kappa shape index (κ1) is 17.1. The summed E-state index contributed by atoms with van der Waals surface area (Å²) in [4.78, 5) is 51.8. The molecular weight excluding hydrogens is 342 g/mol. The number of anilines is 1. The lowest BCUT2D eigenvalue weighted by atomic mass is 10.2. The maximum atomic E-state index is 12.3. The van der Waals surface area contributed by atoms with E-state index in [4.69, 9.17) is 5.11 Å². The highest BCUT2D eigenvalue weighted by atomic mass is 16.4. The molecule has 1 aromatic carbocycles. The Morgan fingerprint density at radius 3 is 2.54 bits per heavy atom. The van der Waals surface area contributed by atoms with Gasteiger partial charge in [-0.1, -0.05) is 12.1 Å². The number of aryl methyl sites for hydroxylation is 1. The fraction of sp³-hybridized carbons (Fsp3) is 0.188. The zero-order valence-corrected chi connectivity index (χ0v) is 14.0. The summed E-state index contributed by atoms with van der Waals surface area (Å²) in [5.74, 6) is -1.70. The number of carboxylic acid groups (broad SMARTS) is 1. The van der Waals surface area contributed by atoms with Crippen LogP contribution in [0.4, 0.5) is 5.69 Å². The number of rotatable bonds is 4. The smallest absolute Gasteiger partial charge is 0.337 e. The molecule has 0 aliphatic heterocycles. The van der Waals surface area contributed by atoms with E-state index in [0.29, 0.717) is 0 Å². The van der Waals surface area contributed by atoms with Crippen LogP contribution >= 0.6 is 0 Å². The van der Waals surface area contributed by atoms with E-state index in [9.17, 15) is 19.2 Å². The summed E-state index contributed by atoms with van der Waals surface area (Å²) in [6, 6.07) is 5.99. The van der Waals surface area contributed by atoms with Crippen molar-refractivity contribution in [3.05, 3.63) is 57.0 Å². The molecule has 3 aromatic rings. The van der Waals surface area contributed by atoms with Gasteiger partial charge in [-0.2, -0.15) is 0 Å². The van der Waals surface area contributed by atoms with Gasteiger partial charge in [0.15, 0.2) is 11.2 Å². The largest absolute Gasteiger partial charge is 0.478 e. The molecule has 134 valence electrons. The van der Waals surface area contributed by atoms with Crippen LogP contribution in [0, 0.1) is 0 Å². The molecule has 2 N–H and O–H groups in total. The number of para-hydroxylation sites is 1. The highest BCUT2D eigenvalue weighted by molar-refractivity contribution is 6.00. The minimum absolute atomic E-state index is 0.0466. The number of carboxylic acids is 1. The summed E-state index contributed by atoms with van der Waals surface area (Å²) in [6.07, 6.45) is 1.29. The third-order valence-corrected chi connectivity index (χ3v) is 3.96. The highest BCUT2D eigenvalue weighted by Crippen LogP contribution is 2.15. The molecule has 0 aliphatic rings. The Bertz CT molecular complexity index is 1150. The highest BCUT2D eigenvalue weighted by Gasteiger charge is 2.17. The van der Waals surface area contributed by atoms with Gasteiger partial charge in [-0.3, -0.25) is 18.7 Å². The first-order chi connectivity index (χ1) is 12.3. The number of hydrogen-bond donors (Lipinski definition) is 2. The molecule has 0 bridgehead atoms. The molecule has 0 atom stereocenters. The summed E-state index contributed by atoms with van der Waals surface area (Å²) in [7, 11) is 2.81. The molecule has 10 nitrogen and oxygen atoms in total. The fourth-order valence-electron chi connectivity index (χ4n) is 2.64. The van der Waals surface area contributed by atoms with Crippen molar-refractivity contribution in [2.45, 2.75) is 6.54 Å². The number of imidazole rings is 1. The number of aromatic nitrogens is 4. The lowest BCUT2D eigenvalue weighted by molar-refractivity contribution is -0.116. The zero-order valence-electron chi connectivity index (χ0n) is 14.0. The van der Waals surface area contributed by atoms with Gasteiger partial charge in [-0.05, 0) is 12.1 Å². The first-order valence-electron chi connectivity index (χ1n) is 7.54. The van der Waals surface area contributed by atoms with Gasteiger partial charge >= 0.3 is 11.7 Å². The Morgan fingerprint density at radius 1 is 1.15 bits per heavy atom.